The predicted octanol–water partition coefficient (Wildman–Crippen LogP) is 22.1. The monoisotopic (exact) mass is 1090 g/mol. The van der Waals surface area contributed by atoms with E-state index in [0.29, 0.717) is 6.67 Å². The third-order valence-corrected chi connectivity index (χ3v) is 17.6. The summed E-state index contributed by atoms with van der Waals surface area (Å²) in [5, 5.41) is 3.83. The minimum atomic E-state index is -0.130. The summed E-state index contributed by atoms with van der Waals surface area (Å²) in [4.78, 5) is 10.1. The Kier molecular flexibility index (Phi) is 14.5. The summed E-state index contributed by atoms with van der Waals surface area (Å²) >= 11 is 0. The molecule has 0 radical (unpaired) electrons. The second-order valence-corrected chi connectivity index (χ2v) is 29.0. The zero-order chi connectivity index (χ0) is 59.0. The number of rotatable bonds is 10. The van der Waals surface area contributed by atoms with Crippen molar-refractivity contribution in [3.05, 3.63) is 222 Å². The van der Waals surface area contributed by atoms with E-state index in [4.69, 9.17) is 9.72 Å². The first-order valence-electron chi connectivity index (χ1n) is 30.1. The van der Waals surface area contributed by atoms with Gasteiger partial charge in [0.05, 0.1) is 17.1 Å². The number of pyridine rings is 1. The minimum Gasteiger partial charge on any atom is -0.457 e. The van der Waals surface area contributed by atoms with Gasteiger partial charge in [0.1, 0.15) is 24.0 Å². The van der Waals surface area contributed by atoms with E-state index >= 15 is 0 Å². The van der Waals surface area contributed by atoms with Crippen molar-refractivity contribution in [3.63, 3.8) is 0 Å². The Morgan fingerprint density at radius 3 is 1.66 bits per heavy atom. The lowest BCUT2D eigenvalue weighted by molar-refractivity contribution is 0.332. The van der Waals surface area contributed by atoms with E-state index in [1.165, 1.54) is 78.9 Å². The van der Waals surface area contributed by atoms with Crippen molar-refractivity contribution < 1.29 is 4.74 Å². The van der Waals surface area contributed by atoms with E-state index in [1.807, 2.05) is 0 Å². The molecule has 1 aliphatic heterocycles. The Labute approximate surface area is 496 Å². The van der Waals surface area contributed by atoms with E-state index in [-0.39, 0.29) is 32.5 Å². The fourth-order valence-electron chi connectivity index (χ4n) is 12.6. The molecule has 0 unspecified atom stereocenters. The van der Waals surface area contributed by atoms with Crippen LogP contribution in [0.1, 0.15) is 157 Å². The van der Waals surface area contributed by atoms with E-state index in [2.05, 4.69) is 314 Å². The lowest BCUT2D eigenvalue weighted by atomic mass is 9.61. The molecule has 0 fully saturated rings. The van der Waals surface area contributed by atoms with Gasteiger partial charge in [-0.05, 0) is 156 Å². The number of nitrogens with zero attached hydrogens (tertiary/aromatic N) is 3. The maximum absolute atomic E-state index is 6.79. The van der Waals surface area contributed by atoms with E-state index < -0.39 is 0 Å². The first-order valence-corrected chi connectivity index (χ1v) is 30.1. The Bertz CT molecular complexity index is 3840. The minimum absolute atomic E-state index is 0.0267. The molecule has 1 N–H and O–H groups in total. The van der Waals surface area contributed by atoms with Crippen LogP contribution in [0.3, 0.4) is 0 Å². The maximum atomic E-state index is 6.79. The van der Waals surface area contributed by atoms with Crippen LogP contribution in [-0.4, -0.2) is 11.7 Å². The van der Waals surface area contributed by atoms with Crippen LogP contribution in [0.5, 0.6) is 11.5 Å². The molecule has 1 aliphatic carbocycles. The molecule has 8 aromatic carbocycles. The number of fused-ring (bicyclic) bond motifs is 2. The summed E-state index contributed by atoms with van der Waals surface area (Å²) in [6.07, 6.45) is 4.46. The number of para-hydroxylation sites is 3. The van der Waals surface area contributed by atoms with Crippen LogP contribution in [0.15, 0.2) is 188 Å². The second-order valence-electron chi connectivity index (χ2n) is 29.0. The van der Waals surface area contributed by atoms with Crippen LogP contribution in [0, 0.1) is 0 Å². The lowest BCUT2D eigenvalue weighted by Gasteiger charge is -2.43. The van der Waals surface area contributed by atoms with Gasteiger partial charge in [-0.25, -0.2) is 4.98 Å². The van der Waals surface area contributed by atoms with Gasteiger partial charge in [-0.2, -0.15) is 0 Å². The van der Waals surface area contributed by atoms with Gasteiger partial charge in [0.15, 0.2) is 0 Å². The van der Waals surface area contributed by atoms with Gasteiger partial charge in [-0.3, -0.25) is 0 Å². The number of benzene rings is 8. The number of aromatic nitrogens is 1. The van der Waals surface area contributed by atoms with Crippen molar-refractivity contribution in [2.24, 2.45) is 0 Å². The summed E-state index contributed by atoms with van der Waals surface area (Å²) in [6, 6.07) is 66.9. The molecule has 0 bridgehead atoms. The standard InChI is InChI=1S/C78H86N4O/c1-73(2,3)54-37-40-67(80-70-48-66(76(10,11)12)64(49-79-70)62-31-24-32-65-71(62)78(15,16)42-41-77(65,13)14)63(46-54)52-35-38-58(39-36-52)83-59-28-22-27-57(47-59)81-50-82(69-34-21-20-33-68(69)81)72-60(51-25-18-17-19-26-51)29-23-30-61(72)53-43-55(74(4,5)6)45-56(44-53)75(7,8)9/h17-40,43-49H,41-42,50H2,1-16H3,(H,79,80). The van der Waals surface area contributed by atoms with Crippen molar-refractivity contribution >= 4 is 34.3 Å². The van der Waals surface area contributed by atoms with Crippen LogP contribution < -0.4 is 19.9 Å². The first kappa shape index (κ1) is 56.9. The van der Waals surface area contributed by atoms with E-state index in [1.54, 1.807) is 0 Å². The van der Waals surface area contributed by atoms with Gasteiger partial charge >= 0.3 is 0 Å². The lowest BCUT2D eigenvalue weighted by Crippen LogP contribution is -2.34. The molecule has 11 rings (SSSR count). The summed E-state index contributed by atoms with van der Waals surface area (Å²) in [6.45, 7) is 38.0. The molecular formula is C78H86N4O. The van der Waals surface area contributed by atoms with Crippen molar-refractivity contribution in [1.82, 2.24) is 4.98 Å². The van der Waals surface area contributed by atoms with Crippen LogP contribution >= 0.6 is 0 Å². The Hall–Kier alpha value is -7.89. The molecule has 0 amide bonds. The molecule has 2 heterocycles. The van der Waals surface area contributed by atoms with Gasteiger partial charge in [0.2, 0.25) is 0 Å². The predicted molar refractivity (Wildman–Crippen MR) is 354 cm³/mol. The zero-order valence-corrected chi connectivity index (χ0v) is 52.3. The molecule has 0 atom stereocenters. The topological polar surface area (TPSA) is 40.6 Å². The second kappa shape index (κ2) is 21.1. The fraction of sp³-hybridized carbons (Fsp3) is 0.321. The Balaban J connectivity index is 0.906. The smallest absolute Gasteiger partial charge is 0.130 e. The van der Waals surface area contributed by atoms with Gasteiger partial charge in [0, 0.05) is 45.9 Å². The molecule has 424 valence electrons. The number of hydrogen-bond acceptors (Lipinski definition) is 5. The van der Waals surface area contributed by atoms with Crippen molar-refractivity contribution in [3.8, 4) is 56.0 Å². The van der Waals surface area contributed by atoms with Crippen LogP contribution in [0.2, 0.25) is 0 Å². The summed E-state index contributed by atoms with van der Waals surface area (Å²) in [5.74, 6) is 2.37. The Morgan fingerprint density at radius 2 is 1.01 bits per heavy atom. The molecule has 0 saturated carbocycles. The maximum Gasteiger partial charge on any atom is 0.130 e. The quantitative estimate of drug-likeness (QED) is 0.148. The number of anilines is 6. The Morgan fingerprint density at radius 1 is 0.434 bits per heavy atom. The van der Waals surface area contributed by atoms with Gasteiger partial charge in [-0.15, -0.1) is 0 Å². The summed E-state index contributed by atoms with van der Waals surface area (Å²) in [7, 11) is 0. The summed E-state index contributed by atoms with van der Waals surface area (Å²) < 4.78 is 6.79. The highest BCUT2D eigenvalue weighted by Crippen LogP contribution is 2.53. The van der Waals surface area contributed by atoms with Crippen LogP contribution in [-0.2, 0) is 32.5 Å². The SMILES string of the molecule is CC(C)(C)c1cc(-c2cccc(-c3ccccc3)c2N2CN(c3cccc(Oc4ccc(-c5cc(C(C)(C)C)ccc5Nc5cc(C(C)(C)C)c(-c6cccc7c6C(C)(C)CCC7(C)C)cn5)cc4)c3)c3ccccc32)cc(C(C)(C)C)c1. The molecule has 0 spiro atoms. The van der Waals surface area contributed by atoms with Crippen molar-refractivity contribution in [1.29, 1.82) is 0 Å². The average Bonchev–Trinajstić information content (AvgIpc) is 3.92. The van der Waals surface area contributed by atoms with Crippen LogP contribution in [0.4, 0.5) is 34.3 Å². The highest BCUT2D eigenvalue weighted by molar-refractivity contribution is 5.99. The third kappa shape index (κ3) is 11.4. The van der Waals surface area contributed by atoms with Gasteiger partial charge < -0.3 is 19.9 Å². The molecule has 0 saturated heterocycles. The van der Waals surface area contributed by atoms with Crippen molar-refractivity contribution in [2.45, 2.75) is 156 Å². The first-order chi connectivity index (χ1) is 39.1. The van der Waals surface area contributed by atoms with Crippen LogP contribution in [0.25, 0.3) is 44.5 Å². The molecule has 5 nitrogen and oxygen atoms in total. The highest BCUT2D eigenvalue weighted by atomic mass is 16.5. The molecule has 1 aromatic heterocycles. The molecule has 83 heavy (non-hydrogen) atoms. The number of nitrogens with one attached hydrogen (secondary N) is 1. The fourth-order valence-corrected chi connectivity index (χ4v) is 12.6. The molecule has 5 heteroatoms. The normalized spacial score (nSPS) is 15.0. The molecule has 9 aromatic rings. The van der Waals surface area contributed by atoms with Gasteiger partial charge in [0.25, 0.3) is 0 Å². The van der Waals surface area contributed by atoms with Gasteiger partial charge in [-0.1, -0.05) is 232 Å². The largest absolute Gasteiger partial charge is 0.457 e. The highest BCUT2D eigenvalue weighted by Gasteiger charge is 2.40. The van der Waals surface area contributed by atoms with E-state index in [9.17, 15) is 0 Å². The zero-order valence-electron chi connectivity index (χ0n) is 52.3. The number of hydrogen-bond donors (Lipinski definition) is 1. The summed E-state index contributed by atoms with van der Waals surface area (Å²) in [5.41, 5.74) is 23.2. The average molecular weight is 1100 g/mol. The number of ether oxygens (including phenoxy) is 1. The molecular weight excluding hydrogens is 1010 g/mol. The van der Waals surface area contributed by atoms with E-state index in [0.717, 1.165) is 57.6 Å². The third-order valence-electron chi connectivity index (χ3n) is 17.6. The molecule has 2 aliphatic rings. The van der Waals surface area contributed by atoms with Crippen molar-refractivity contribution in [2.75, 3.05) is 21.8 Å².